The maximum atomic E-state index is 5.52. The van der Waals surface area contributed by atoms with Crippen LogP contribution in [0.3, 0.4) is 0 Å². The molecule has 1 heterocycles. The van der Waals surface area contributed by atoms with Crippen LogP contribution in [-0.4, -0.2) is 24.7 Å². The third kappa shape index (κ3) is 3.78. The molecule has 0 aliphatic rings. The molecular weight excluding hydrogens is 248 g/mol. The highest BCUT2D eigenvalue weighted by atomic mass is 16.5. The van der Waals surface area contributed by atoms with Crippen molar-refractivity contribution in [3.63, 3.8) is 0 Å². The minimum atomic E-state index is 0.328. The summed E-state index contributed by atoms with van der Waals surface area (Å²) in [6.45, 7) is 6.81. The quantitative estimate of drug-likeness (QED) is 0.744. The summed E-state index contributed by atoms with van der Waals surface area (Å²) in [7, 11) is 0. The first-order valence-corrected chi connectivity index (χ1v) is 7.51. The van der Waals surface area contributed by atoms with E-state index >= 15 is 0 Å². The van der Waals surface area contributed by atoms with E-state index in [9.17, 15) is 0 Å². The van der Waals surface area contributed by atoms with Crippen LogP contribution in [-0.2, 0) is 4.74 Å². The largest absolute Gasteiger partial charge is 0.382 e. The molecule has 2 aromatic rings. The fraction of sp³-hybridized carbons (Fsp3) is 0.471. The lowest BCUT2D eigenvalue weighted by atomic mass is 9.99. The van der Waals surface area contributed by atoms with Crippen molar-refractivity contribution in [2.24, 2.45) is 0 Å². The summed E-state index contributed by atoms with van der Waals surface area (Å²) in [6, 6.07) is 10.8. The molecule has 0 radical (unpaired) electrons. The normalized spacial score (nSPS) is 12.7. The molecule has 1 atom stereocenters. The molecular formula is C17H24N2O. The number of ether oxygens (including phenoxy) is 1. The standard InChI is InChI=1S/C17H24N2O/c1-3-11-18-17(10-13-20-4-2)14-7-5-9-16-15(14)8-6-12-19-16/h5-9,12,17-18H,3-4,10-11,13H2,1-2H3. The molecule has 0 amide bonds. The average Bonchev–Trinajstić information content (AvgIpc) is 2.50. The fourth-order valence-corrected chi connectivity index (χ4v) is 2.46. The van der Waals surface area contributed by atoms with Crippen molar-refractivity contribution in [1.82, 2.24) is 10.3 Å². The number of nitrogens with one attached hydrogen (secondary N) is 1. The van der Waals surface area contributed by atoms with Crippen molar-refractivity contribution in [1.29, 1.82) is 0 Å². The van der Waals surface area contributed by atoms with Crippen molar-refractivity contribution < 1.29 is 4.74 Å². The van der Waals surface area contributed by atoms with Crippen LogP contribution < -0.4 is 5.32 Å². The van der Waals surface area contributed by atoms with Crippen LogP contribution in [0.4, 0.5) is 0 Å². The molecule has 3 nitrogen and oxygen atoms in total. The van der Waals surface area contributed by atoms with Crippen LogP contribution in [0, 0.1) is 0 Å². The molecule has 20 heavy (non-hydrogen) atoms. The molecule has 0 spiro atoms. The van der Waals surface area contributed by atoms with Gasteiger partial charge in [0.15, 0.2) is 0 Å². The Morgan fingerprint density at radius 1 is 1.20 bits per heavy atom. The van der Waals surface area contributed by atoms with E-state index in [1.54, 1.807) is 0 Å². The van der Waals surface area contributed by atoms with Gasteiger partial charge in [0, 0.05) is 30.8 Å². The van der Waals surface area contributed by atoms with Crippen LogP contribution in [0.2, 0.25) is 0 Å². The van der Waals surface area contributed by atoms with E-state index in [2.05, 4.69) is 41.5 Å². The van der Waals surface area contributed by atoms with Gasteiger partial charge in [-0.25, -0.2) is 0 Å². The van der Waals surface area contributed by atoms with Gasteiger partial charge < -0.3 is 10.1 Å². The Morgan fingerprint density at radius 3 is 2.90 bits per heavy atom. The maximum Gasteiger partial charge on any atom is 0.0705 e. The molecule has 0 aliphatic heterocycles. The van der Waals surface area contributed by atoms with Crippen LogP contribution >= 0.6 is 0 Å². The van der Waals surface area contributed by atoms with E-state index < -0.39 is 0 Å². The van der Waals surface area contributed by atoms with Gasteiger partial charge in [-0.1, -0.05) is 25.1 Å². The van der Waals surface area contributed by atoms with E-state index in [1.165, 1.54) is 10.9 Å². The van der Waals surface area contributed by atoms with Gasteiger partial charge in [-0.3, -0.25) is 4.98 Å². The summed E-state index contributed by atoms with van der Waals surface area (Å²) in [5, 5.41) is 4.87. The highest BCUT2D eigenvalue weighted by Gasteiger charge is 2.13. The number of aromatic nitrogens is 1. The lowest BCUT2D eigenvalue weighted by molar-refractivity contribution is 0.136. The van der Waals surface area contributed by atoms with Crippen molar-refractivity contribution in [3.8, 4) is 0 Å². The lowest BCUT2D eigenvalue weighted by Gasteiger charge is -2.20. The zero-order chi connectivity index (χ0) is 14.2. The minimum Gasteiger partial charge on any atom is -0.382 e. The van der Waals surface area contributed by atoms with Crippen LogP contribution in [0.25, 0.3) is 10.9 Å². The van der Waals surface area contributed by atoms with Gasteiger partial charge in [0.1, 0.15) is 0 Å². The van der Waals surface area contributed by atoms with E-state index in [4.69, 9.17) is 4.74 Å². The molecule has 0 fully saturated rings. The summed E-state index contributed by atoms with van der Waals surface area (Å²) >= 11 is 0. The SMILES string of the molecule is CCCNC(CCOCC)c1cccc2ncccc12. The highest BCUT2D eigenvalue weighted by molar-refractivity contribution is 5.82. The van der Waals surface area contributed by atoms with Crippen LogP contribution in [0.15, 0.2) is 36.5 Å². The van der Waals surface area contributed by atoms with E-state index in [1.807, 2.05) is 19.2 Å². The van der Waals surface area contributed by atoms with E-state index in [-0.39, 0.29) is 0 Å². The summed E-state index contributed by atoms with van der Waals surface area (Å²) in [6.07, 6.45) is 3.97. The van der Waals surface area contributed by atoms with Crippen LogP contribution in [0.5, 0.6) is 0 Å². The Hall–Kier alpha value is -1.45. The number of pyridine rings is 1. The molecule has 1 aromatic heterocycles. The number of benzene rings is 1. The highest BCUT2D eigenvalue weighted by Crippen LogP contribution is 2.25. The molecule has 0 saturated carbocycles. The van der Waals surface area contributed by atoms with Crippen LogP contribution in [0.1, 0.15) is 38.3 Å². The second kappa shape index (κ2) is 7.98. The smallest absolute Gasteiger partial charge is 0.0705 e. The Bertz CT molecular complexity index is 522. The summed E-state index contributed by atoms with van der Waals surface area (Å²) in [5.74, 6) is 0. The molecule has 0 aliphatic carbocycles. The maximum absolute atomic E-state index is 5.52. The number of fused-ring (bicyclic) bond motifs is 1. The van der Waals surface area contributed by atoms with Gasteiger partial charge in [0.2, 0.25) is 0 Å². The molecule has 108 valence electrons. The minimum absolute atomic E-state index is 0.328. The zero-order valence-corrected chi connectivity index (χ0v) is 12.4. The first-order valence-electron chi connectivity index (χ1n) is 7.51. The second-order valence-electron chi connectivity index (χ2n) is 4.91. The third-order valence-electron chi connectivity index (χ3n) is 3.45. The molecule has 2 rings (SSSR count). The Labute approximate surface area is 121 Å². The topological polar surface area (TPSA) is 34.1 Å². The average molecular weight is 272 g/mol. The molecule has 1 aromatic carbocycles. The van der Waals surface area contributed by atoms with Crippen molar-refractivity contribution in [2.45, 2.75) is 32.7 Å². The van der Waals surface area contributed by atoms with Crippen molar-refractivity contribution >= 4 is 10.9 Å². The Morgan fingerprint density at radius 2 is 2.10 bits per heavy atom. The predicted octanol–water partition coefficient (Wildman–Crippen LogP) is 3.70. The summed E-state index contributed by atoms with van der Waals surface area (Å²) in [5.41, 5.74) is 2.38. The number of nitrogens with zero attached hydrogens (tertiary/aromatic N) is 1. The van der Waals surface area contributed by atoms with E-state index in [0.717, 1.165) is 38.1 Å². The first kappa shape index (κ1) is 14.9. The summed E-state index contributed by atoms with van der Waals surface area (Å²) < 4.78 is 5.52. The van der Waals surface area contributed by atoms with Gasteiger partial charge in [-0.05, 0) is 44.0 Å². The van der Waals surface area contributed by atoms with Gasteiger partial charge in [-0.15, -0.1) is 0 Å². The monoisotopic (exact) mass is 272 g/mol. The first-order chi connectivity index (χ1) is 9.86. The Kier molecular flexibility index (Phi) is 5.96. The third-order valence-corrected chi connectivity index (χ3v) is 3.45. The van der Waals surface area contributed by atoms with Gasteiger partial charge in [0.25, 0.3) is 0 Å². The predicted molar refractivity (Wildman–Crippen MR) is 83.9 cm³/mol. The van der Waals surface area contributed by atoms with E-state index in [0.29, 0.717) is 6.04 Å². The molecule has 1 unspecified atom stereocenters. The van der Waals surface area contributed by atoms with Crippen molar-refractivity contribution in [2.75, 3.05) is 19.8 Å². The zero-order valence-electron chi connectivity index (χ0n) is 12.4. The summed E-state index contributed by atoms with van der Waals surface area (Å²) in [4.78, 5) is 4.44. The lowest BCUT2D eigenvalue weighted by Crippen LogP contribution is -2.23. The number of rotatable bonds is 8. The van der Waals surface area contributed by atoms with Gasteiger partial charge >= 0.3 is 0 Å². The molecule has 0 saturated heterocycles. The second-order valence-corrected chi connectivity index (χ2v) is 4.91. The fourth-order valence-electron chi connectivity index (χ4n) is 2.46. The number of hydrogen-bond donors (Lipinski definition) is 1. The van der Waals surface area contributed by atoms with Crippen molar-refractivity contribution in [3.05, 3.63) is 42.1 Å². The number of hydrogen-bond acceptors (Lipinski definition) is 3. The molecule has 1 N–H and O–H groups in total. The molecule has 3 heteroatoms. The molecule has 0 bridgehead atoms. The van der Waals surface area contributed by atoms with Gasteiger partial charge in [0.05, 0.1) is 5.52 Å². The van der Waals surface area contributed by atoms with Gasteiger partial charge in [-0.2, -0.15) is 0 Å². The Balaban J connectivity index is 2.24.